The van der Waals surface area contributed by atoms with Gasteiger partial charge in [0.15, 0.2) is 15.6 Å². The van der Waals surface area contributed by atoms with E-state index in [1.807, 2.05) is 30.3 Å². The van der Waals surface area contributed by atoms with E-state index >= 15 is 0 Å². The molecule has 0 aliphatic rings. The number of rotatable bonds is 17. The summed E-state index contributed by atoms with van der Waals surface area (Å²) >= 11 is 0. The summed E-state index contributed by atoms with van der Waals surface area (Å²) in [4.78, 5) is 45.5. The Morgan fingerprint density at radius 2 is 1.57 bits per heavy atom. The average Bonchev–Trinajstić information content (AvgIpc) is 3.37. The Labute approximate surface area is 261 Å². The first-order chi connectivity index (χ1) is 21.0. The van der Waals surface area contributed by atoms with Crippen LogP contribution in [0.4, 0.5) is 4.79 Å². The number of sulfone groups is 1. The zero-order valence-corrected chi connectivity index (χ0v) is 25.9. The smallest absolute Gasteiger partial charge is 0.407 e. The highest BCUT2D eigenvalue weighted by molar-refractivity contribution is 8.76. The zero-order chi connectivity index (χ0) is 32.1. The lowest BCUT2D eigenvalue weighted by molar-refractivity contribution is -0.141. The van der Waals surface area contributed by atoms with Crippen LogP contribution in [0.2, 0.25) is 0 Å². The molecule has 1 aromatic heterocycles. The molecule has 236 valence electrons. The number of aryl methyl sites for hydroxylation is 1. The van der Waals surface area contributed by atoms with Gasteiger partial charge in [0.25, 0.3) is 0 Å². The Hall–Kier alpha value is -4.02. The van der Waals surface area contributed by atoms with Crippen LogP contribution in [0.5, 0.6) is 0 Å². The second-order valence-corrected chi connectivity index (χ2v) is 13.8. The van der Waals surface area contributed by atoms with Gasteiger partial charge in [-0.15, -0.1) is 0 Å². The van der Waals surface area contributed by atoms with E-state index in [9.17, 15) is 27.6 Å². The number of nitrogens with one attached hydrogen (secondary N) is 1. The second kappa shape index (κ2) is 16.7. The minimum atomic E-state index is -3.95. The van der Waals surface area contributed by atoms with Gasteiger partial charge in [0.2, 0.25) is 0 Å². The molecule has 0 spiro atoms. The van der Waals surface area contributed by atoms with Gasteiger partial charge in [-0.3, -0.25) is 9.59 Å². The Kier molecular flexibility index (Phi) is 13.1. The van der Waals surface area contributed by atoms with Gasteiger partial charge >= 0.3 is 24.0 Å². The van der Waals surface area contributed by atoms with Crippen LogP contribution in [0.3, 0.4) is 0 Å². The summed E-state index contributed by atoms with van der Waals surface area (Å²) in [6.45, 7) is 1.71. The summed E-state index contributed by atoms with van der Waals surface area (Å²) in [7, 11) is -1.36. The fourth-order valence-electron chi connectivity index (χ4n) is 3.80. The molecule has 1 atom stereocenters. The molecule has 3 rings (SSSR count). The number of alkyl carbamates (subject to hydrolysis) is 1. The van der Waals surface area contributed by atoms with E-state index in [-0.39, 0.29) is 24.5 Å². The van der Waals surface area contributed by atoms with Crippen molar-refractivity contribution in [2.24, 2.45) is 0 Å². The molecule has 0 aliphatic heterocycles. The van der Waals surface area contributed by atoms with Crippen LogP contribution in [-0.4, -0.2) is 84.3 Å². The van der Waals surface area contributed by atoms with Gasteiger partial charge in [0.1, 0.15) is 30.7 Å². The lowest BCUT2D eigenvalue weighted by Gasteiger charge is -2.13. The van der Waals surface area contributed by atoms with E-state index in [4.69, 9.17) is 24.2 Å². The minimum Gasteiger partial charge on any atom is -0.481 e. The first-order valence-electron chi connectivity index (χ1n) is 13.1. The van der Waals surface area contributed by atoms with Crippen molar-refractivity contribution in [1.82, 2.24) is 10.5 Å². The minimum absolute atomic E-state index is 0.0368. The number of aliphatic carboxylic acids is 2. The summed E-state index contributed by atoms with van der Waals surface area (Å²) in [5.41, 5.74) is 2.94. The van der Waals surface area contributed by atoms with E-state index < -0.39 is 52.1 Å². The Morgan fingerprint density at radius 1 is 0.932 bits per heavy atom. The van der Waals surface area contributed by atoms with Crippen LogP contribution in [0, 0.1) is 6.92 Å². The van der Waals surface area contributed by atoms with Gasteiger partial charge in [-0.2, -0.15) is 0 Å². The van der Waals surface area contributed by atoms with Crippen molar-refractivity contribution in [3.63, 3.8) is 0 Å². The Bertz CT molecular complexity index is 1540. The first-order valence-corrected chi connectivity index (χ1v) is 17.2. The fourth-order valence-corrected chi connectivity index (χ4v) is 6.56. The van der Waals surface area contributed by atoms with Crippen LogP contribution in [0.15, 0.2) is 64.0 Å². The molecule has 0 radical (unpaired) electrons. The molecule has 2 aromatic carbocycles. The molecule has 13 nitrogen and oxygen atoms in total. The highest BCUT2D eigenvalue weighted by Gasteiger charge is 2.23. The molecule has 0 saturated carbocycles. The number of carboxylic acid groups (broad SMARTS) is 2. The van der Waals surface area contributed by atoms with E-state index in [1.54, 1.807) is 19.1 Å². The number of carbonyl (C=O) groups excluding carboxylic acids is 2. The van der Waals surface area contributed by atoms with Gasteiger partial charge in [-0.05, 0) is 31.0 Å². The van der Waals surface area contributed by atoms with Crippen molar-refractivity contribution in [3.8, 4) is 22.4 Å². The van der Waals surface area contributed by atoms with Crippen molar-refractivity contribution in [3.05, 3.63) is 60.4 Å². The SMILES string of the molecule is Cc1onc(-c2ccc(S(=O)(=O)CC(=O)OCCSSCCOC(=O)NC(CCC(=O)O)C(=O)O)cc2)c1-c1ccccc1. The highest BCUT2D eigenvalue weighted by Crippen LogP contribution is 2.34. The summed E-state index contributed by atoms with van der Waals surface area (Å²) < 4.78 is 40.8. The maximum Gasteiger partial charge on any atom is 0.407 e. The van der Waals surface area contributed by atoms with Gasteiger partial charge in [-0.1, -0.05) is 69.2 Å². The van der Waals surface area contributed by atoms with Gasteiger partial charge in [-0.25, -0.2) is 18.0 Å². The molecule has 0 fully saturated rings. The molecular formula is C28H30N2O11S3. The third kappa shape index (κ3) is 10.6. The van der Waals surface area contributed by atoms with Crippen molar-refractivity contribution in [2.45, 2.75) is 30.7 Å². The molecular weight excluding hydrogens is 637 g/mol. The molecule has 3 aromatic rings. The lowest BCUT2D eigenvalue weighted by Crippen LogP contribution is -2.41. The van der Waals surface area contributed by atoms with Crippen molar-refractivity contribution in [1.29, 1.82) is 0 Å². The number of hydrogen-bond acceptors (Lipinski definition) is 12. The number of nitrogens with zero attached hydrogens (tertiary/aromatic N) is 1. The van der Waals surface area contributed by atoms with E-state index in [0.29, 0.717) is 28.5 Å². The maximum atomic E-state index is 12.8. The third-order valence-electron chi connectivity index (χ3n) is 5.87. The molecule has 16 heteroatoms. The number of carbonyl (C=O) groups is 4. The van der Waals surface area contributed by atoms with E-state index in [0.717, 1.165) is 11.1 Å². The molecule has 0 saturated heterocycles. The standard InChI is InChI=1S/C28H30N2O11S3/c1-18-25(19-5-3-2-4-6-19)26(30-41-18)20-7-9-21(10-8-20)44(37,38)17-24(33)39-13-15-42-43-16-14-40-28(36)29-22(27(34)35)11-12-23(31)32/h2-10,22H,11-17H2,1H3,(H,29,36)(H,31,32)(H,34,35). The average molecular weight is 667 g/mol. The molecule has 1 amide bonds. The number of hydrogen-bond donors (Lipinski definition) is 3. The van der Waals surface area contributed by atoms with Crippen molar-refractivity contribution in [2.75, 3.05) is 30.5 Å². The van der Waals surface area contributed by atoms with Crippen molar-refractivity contribution < 1.29 is 51.8 Å². The first kappa shape index (κ1) is 34.5. The number of benzene rings is 2. The number of ether oxygens (including phenoxy) is 2. The molecule has 0 bridgehead atoms. The quantitative estimate of drug-likeness (QED) is 0.106. The summed E-state index contributed by atoms with van der Waals surface area (Å²) in [5.74, 6) is -2.97. The maximum absolute atomic E-state index is 12.8. The topological polar surface area (TPSA) is 199 Å². The zero-order valence-electron chi connectivity index (χ0n) is 23.5. The second-order valence-electron chi connectivity index (χ2n) is 9.08. The molecule has 44 heavy (non-hydrogen) atoms. The number of carboxylic acids is 2. The third-order valence-corrected chi connectivity index (χ3v) is 9.81. The number of esters is 1. The number of amides is 1. The van der Waals surface area contributed by atoms with Crippen LogP contribution in [-0.2, 0) is 33.7 Å². The highest BCUT2D eigenvalue weighted by atomic mass is 33.1. The van der Waals surface area contributed by atoms with E-state index in [2.05, 4.69) is 10.5 Å². The normalized spacial score (nSPS) is 11.8. The van der Waals surface area contributed by atoms with Gasteiger partial charge < -0.3 is 29.5 Å². The Balaban J connectivity index is 1.37. The number of aromatic nitrogens is 1. The lowest BCUT2D eigenvalue weighted by atomic mass is 10.00. The Morgan fingerprint density at radius 3 is 2.18 bits per heavy atom. The predicted molar refractivity (Wildman–Crippen MR) is 163 cm³/mol. The van der Waals surface area contributed by atoms with E-state index in [1.165, 1.54) is 33.7 Å². The monoisotopic (exact) mass is 666 g/mol. The largest absolute Gasteiger partial charge is 0.481 e. The summed E-state index contributed by atoms with van der Waals surface area (Å²) in [6, 6.07) is 14.2. The molecule has 0 aliphatic carbocycles. The molecule has 3 N–H and O–H groups in total. The molecule has 1 unspecified atom stereocenters. The van der Waals surface area contributed by atoms with Gasteiger partial charge in [0, 0.05) is 23.5 Å². The molecule has 1 heterocycles. The van der Waals surface area contributed by atoms with Crippen LogP contribution in [0.25, 0.3) is 22.4 Å². The summed E-state index contributed by atoms with van der Waals surface area (Å²) in [5, 5.41) is 23.9. The van der Waals surface area contributed by atoms with Gasteiger partial charge in [0.05, 0.1) is 10.5 Å². The fraction of sp³-hybridized carbons (Fsp3) is 0.321. The van der Waals surface area contributed by atoms with Crippen molar-refractivity contribution >= 4 is 55.4 Å². The van der Waals surface area contributed by atoms with Crippen LogP contribution < -0.4 is 5.32 Å². The summed E-state index contributed by atoms with van der Waals surface area (Å²) in [6.07, 6.45) is -1.69. The van der Waals surface area contributed by atoms with Crippen LogP contribution >= 0.6 is 21.6 Å². The van der Waals surface area contributed by atoms with Crippen LogP contribution in [0.1, 0.15) is 18.6 Å². The predicted octanol–water partition coefficient (Wildman–Crippen LogP) is 4.06.